The van der Waals surface area contributed by atoms with Gasteiger partial charge in [-0.3, -0.25) is 20.9 Å². The molecule has 9 heteroatoms. The van der Waals surface area contributed by atoms with Gasteiger partial charge in [-0.05, 0) is 24.6 Å². The van der Waals surface area contributed by atoms with E-state index in [4.69, 9.17) is 21.1 Å². The molecule has 0 radical (unpaired) electrons. The molecule has 2 aromatic rings. The fraction of sp³-hybridized carbons (Fsp3) is 0.0625. The predicted molar refractivity (Wildman–Crippen MR) is 92.9 cm³/mol. The lowest BCUT2D eigenvalue weighted by atomic mass is 10.2. The van der Waals surface area contributed by atoms with Gasteiger partial charge in [0.1, 0.15) is 17.6 Å². The maximum absolute atomic E-state index is 11.1. The number of nitrogens with zero attached hydrogens (tertiary/aromatic N) is 3. The number of rotatable bonds is 6. The number of nitrogens with one attached hydrogen (secondary N) is 2. The molecule has 2 aromatic carbocycles. The molecular weight excluding hydrogens is 324 g/mol. The first kappa shape index (κ1) is 17.4. The summed E-state index contributed by atoms with van der Waals surface area (Å²) in [5.74, 6) is 0.229. The van der Waals surface area contributed by atoms with E-state index in [1.165, 1.54) is 18.2 Å². The number of nitro benzene ring substituents is 1. The molecule has 0 heterocycles. The van der Waals surface area contributed by atoms with E-state index >= 15 is 0 Å². The minimum atomic E-state index is -0.575. The summed E-state index contributed by atoms with van der Waals surface area (Å²) in [6, 6.07) is 12.8. The number of non-ortho nitro benzene ring substituents is 1. The summed E-state index contributed by atoms with van der Waals surface area (Å²) < 4.78 is 5.65. The van der Waals surface area contributed by atoms with Gasteiger partial charge in [0.25, 0.3) is 5.69 Å². The van der Waals surface area contributed by atoms with Gasteiger partial charge in [-0.15, -0.1) is 0 Å². The fourth-order valence-corrected chi connectivity index (χ4v) is 1.89. The molecule has 0 atom stereocenters. The number of aryl methyl sites for hydroxylation is 1. The van der Waals surface area contributed by atoms with Crippen LogP contribution in [0.2, 0.25) is 0 Å². The number of hydrogen-bond donors (Lipinski definition) is 3. The van der Waals surface area contributed by atoms with Gasteiger partial charge < -0.3 is 10.5 Å². The average molecular weight is 338 g/mol. The van der Waals surface area contributed by atoms with Crippen molar-refractivity contribution in [2.24, 2.45) is 10.8 Å². The molecule has 0 saturated heterocycles. The van der Waals surface area contributed by atoms with E-state index in [1.807, 2.05) is 13.0 Å². The molecule has 0 aliphatic carbocycles. The fourth-order valence-electron chi connectivity index (χ4n) is 1.89. The van der Waals surface area contributed by atoms with E-state index in [0.29, 0.717) is 5.75 Å². The summed E-state index contributed by atoms with van der Waals surface area (Å²) >= 11 is 0. The normalized spacial score (nSPS) is 10.6. The predicted octanol–water partition coefficient (Wildman–Crippen LogP) is 2.92. The Kier molecular flexibility index (Phi) is 5.27. The molecule has 0 bridgehead atoms. The minimum Gasteiger partial charge on any atom is -0.457 e. The zero-order chi connectivity index (χ0) is 18.4. The Morgan fingerprint density at radius 1 is 1.36 bits per heavy atom. The van der Waals surface area contributed by atoms with Gasteiger partial charge in [-0.2, -0.15) is 10.4 Å². The van der Waals surface area contributed by atoms with Crippen LogP contribution in [0.4, 0.5) is 11.4 Å². The van der Waals surface area contributed by atoms with Crippen molar-refractivity contribution in [1.29, 1.82) is 10.7 Å². The van der Waals surface area contributed by atoms with Crippen LogP contribution in [0, 0.1) is 33.8 Å². The number of nitriles is 1. The zero-order valence-electron chi connectivity index (χ0n) is 13.2. The van der Waals surface area contributed by atoms with E-state index in [2.05, 4.69) is 10.5 Å². The number of ether oxygens (including phenoxy) is 1. The molecule has 2 rings (SSSR count). The number of hydrogen-bond acceptors (Lipinski definition) is 7. The lowest BCUT2D eigenvalue weighted by Crippen LogP contribution is -2.21. The van der Waals surface area contributed by atoms with Crippen molar-refractivity contribution in [3.63, 3.8) is 0 Å². The van der Waals surface area contributed by atoms with Crippen molar-refractivity contribution in [3.8, 4) is 17.6 Å². The zero-order valence-corrected chi connectivity index (χ0v) is 13.2. The van der Waals surface area contributed by atoms with Crippen LogP contribution in [-0.2, 0) is 0 Å². The van der Waals surface area contributed by atoms with E-state index in [0.717, 1.165) is 5.56 Å². The van der Waals surface area contributed by atoms with Gasteiger partial charge in [0.2, 0.25) is 5.71 Å². The summed E-state index contributed by atoms with van der Waals surface area (Å²) in [6.07, 6.45) is 0. The van der Waals surface area contributed by atoms with Gasteiger partial charge in [0, 0.05) is 12.1 Å². The van der Waals surface area contributed by atoms with Crippen LogP contribution in [0.3, 0.4) is 0 Å². The van der Waals surface area contributed by atoms with Gasteiger partial charge in [0.05, 0.1) is 16.7 Å². The van der Waals surface area contributed by atoms with Crippen LogP contribution in [0.25, 0.3) is 0 Å². The van der Waals surface area contributed by atoms with Crippen LogP contribution in [0.5, 0.6) is 11.5 Å². The molecule has 0 aliphatic rings. The highest BCUT2D eigenvalue weighted by Crippen LogP contribution is 2.30. The summed E-state index contributed by atoms with van der Waals surface area (Å²) in [7, 11) is 0. The average Bonchev–Trinajstić information content (AvgIpc) is 2.55. The number of nitro groups is 1. The SMILES string of the molecule is Cc1cccc(Oc2cc(N/N=C(\C#N)C(=N)N)cc([N+](=O)[O-])c2)c1. The highest BCUT2D eigenvalue weighted by molar-refractivity contribution is 6.45. The Balaban J connectivity index is 2.35. The Labute approximate surface area is 143 Å². The molecule has 4 N–H and O–H groups in total. The van der Waals surface area contributed by atoms with Crippen molar-refractivity contribution < 1.29 is 9.66 Å². The first-order valence-electron chi connectivity index (χ1n) is 7.01. The molecule has 0 aliphatic heterocycles. The first-order chi connectivity index (χ1) is 11.9. The van der Waals surface area contributed by atoms with Crippen molar-refractivity contribution in [1.82, 2.24) is 0 Å². The Morgan fingerprint density at radius 2 is 2.12 bits per heavy atom. The number of nitrogens with two attached hydrogens (primary N) is 1. The quantitative estimate of drug-likeness (QED) is 0.319. The topological polar surface area (TPSA) is 150 Å². The molecule has 25 heavy (non-hydrogen) atoms. The summed E-state index contributed by atoms with van der Waals surface area (Å²) in [5, 5.41) is 30.8. The third-order valence-electron chi connectivity index (χ3n) is 2.99. The Hall–Kier alpha value is -3.93. The molecular formula is C16H14N6O3. The van der Waals surface area contributed by atoms with E-state index in [9.17, 15) is 10.1 Å². The summed E-state index contributed by atoms with van der Waals surface area (Å²) in [4.78, 5) is 10.5. The first-order valence-corrected chi connectivity index (χ1v) is 7.01. The largest absolute Gasteiger partial charge is 0.457 e. The third kappa shape index (κ3) is 4.77. The molecule has 0 spiro atoms. The van der Waals surface area contributed by atoms with Crippen molar-refractivity contribution in [2.75, 3.05) is 5.43 Å². The molecule has 9 nitrogen and oxygen atoms in total. The summed E-state index contributed by atoms with van der Waals surface area (Å²) in [6.45, 7) is 1.90. The van der Waals surface area contributed by atoms with E-state index in [-0.39, 0.29) is 22.8 Å². The van der Waals surface area contributed by atoms with Gasteiger partial charge in [-0.25, -0.2) is 0 Å². The number of anilines is 1. The lowest BCUT2D eigenvalue weighted by Gasteiger charge is -2.08. The maximum atomic E-state index is 11.1. The molecule has 0 amide bonds. The lowest BCUT2D eigenvalue weighted by molar-refractivity contribution is -0.384. The Morgan fingerprint density at radius 3 is 2.72 bits per heavy atom. The van der Waals surface area contributed by atoms with Gasteiger partial charge in [0.15, 0.2) is 5.84 Å². The Bertz CT molecular complexity index is 901. The van der Waals surface area contributed by atoms with Crippen LogP contribution >= 0.6 is 0 Å². The van der Waals surface area contributed by atoms with Crippen LogP contribution < -0.4 is 15.9 Å². The van der Waals surface area contributed by atoms with Crippen molar-refractivity contribution >= 4 is 22.9 Å². The number of hydrazone groups is 1. The molecule has 126 valence electrons. The van der Waals surface area contributed by atoms with Gasteiger partial charge >= 0.3 is 0 Å². The third-order valence-corrected chi connectivity index (χ3v) is 2.99. The standard InChI is InChI=1S/C16H14N6O3/c1-10-3-2-4-13(5-10)25-14-7-11(6-12(8-14)22(23)24)20-21-15(9-17)16(18)19/h2-8,20H,1H3,(H3,18,19)/b21-15+. The molecule has 0 unspecified atom stereocenters. The second kappa shape index (κ2) is 7.56. The number of amidine groups is 1. The second-order valence-corrected chi connectivity index (χ2v) is 4.99. The second-order valence-electron chi connectivity index (χ2n) is 4.99. The highest BCUT2D eigenvalue weighted by Gasteiger charge is 2.12. The van der Waals surface area contributed by atoms with Gasteiger partial charge in [-0.1, -0.05) is 12.1 Å². The number of benzene rings is 2. The van der Waals surface area contributed by atoms with Crippen LogP contribution in [0.1, 0.15) is 5.56 Å². The maximum Gasteiger partial charge on any atom is 0.275 e. The van der Waals surface area contributed by atoms with Crippen molar-refractivity contribution in [3.05, 3.63) is 58.1 Å². The molecule has 0 saturated carbocycles. The minimum absolute atomic E-state index is 0.214. The molecule has 0 fully saturated rings. The van der Waals surface area contributed by atoms with Crippen LogP contribution in [-0.4, -0.2) is 16.5 Å². The monoisotopic (exact) mass is 338 g/mol. The molecule has 0 aromatic heterocycles. The van der Waals surface area contributed by atoms with Crippen molar-refractivity contribution in [2.45, 2.75) is 6.92 Å². The smallest absolute Gasteiger partial charge is 0.275 e. The summed E-state index contributed by atoms with van der Waals surface area (Å²) in [5.41, 5.74) is 8.30. The van der Waals surface area contributed by atoms with Crippen LogP contribution in [0.15, 0.2) is 47.6 Å². The van der Waals surface area contributed by atoms with E-state index in [1.54, 1.807) is 24.3 Å². The highest BCUT2D eigenvalue weighted by atomic mass is 16.6. The van der Waals surface area contributed by atoms with E-state index < -0.39 is 10.8 Å².